The smallest absolute Gasteiger partial charge is 1.00 e. The van der Waals surface area contributed by atoms with Gasteiger partial charge in [0.25, 0.3) is 20.2 Å². The monoisotopic (exact) mass is 2330 g/mol. The van der Waals surface area contributed by atoms with Gasteiger partial charge >= 0.3 is 94.8 Å². The number of ether oxygens (including phenoxy) is 11. The van der Waals surface area contributed by atoms with Crippen LogP contribution in [0.3, 0.4) is 0 Å². The van der Waals surface area contributed by atoms with Crippen molar-refractivity contribution in [2.45, 2.75) is 274 Å². The average Bonchev–Trinajstić information content (AvgIpc) is 0.657. The summed E-state index contributed by atoms with van der Waals surface area (Å²) in [6.07, 6.45) is 12.1. The average molecular weight is 2330 g/mol. The van der Waals surface area contributed by atoms with E-state index in [4.69, 9.17) is 94.9 Å². The second-order valence-corrected chi connectivity index (χ2v) is 43.8. The van der Waals surface area contributed by atoms with E-state index in [-0.39, 0.29) is 104 Å². The second-order valence-electron chi connectivity index (χ2n) is 35.5. The van der Waals surface area contributed by atoms with Crippen molar-refractivity contribution < 1.29 is 201 Å². The topological polar surface area (TPSA) is 413 Å². The van der Waals surface area contributed by atoms with Crippen molar-refractivity contribution in [3.05, 3.63) is 145 Å². The van der Waals surface area contributed by atoms with Gasteiger partial charge in [-0.15, -0.1) is 23.2 Å². The van der Waals surface area contributed by atoms with Crippen LogP contribution in [0.2, 0.25) is 0 Å². The fourth-order valence-corrected chi connectivity index (χ4v) is 13.1. The number of alkyl halides is 3. The first kappa shape index (κ1) is 153. The van der Waals surface area contributed by atoms with Gasteiger partial charge in [0.05, 0.1) is 97.0 Å². The second kappa shape index (κ2) is 75.6. The molecule has 1 unspecified atom stereocenters. The van der Waals surface area contributed by atoms with Crippen molar-refractivity contribution in [1.82, 2.24) is 0 Å². The molecular formula is C99H161Br2Cl2F6N2O32PS2. The van der Waals surface area contributed by atoms with Gasteiger partial charge in [-0.3, -0.25) is 18.0 Å². The minimum absolute atomic E-state index is 0. The summed E-state index contributed by atoms with van der Waals surface area (Å²) in [6.45, 7) is 77.1. The number of hydrogen-bond donors (Lipinski definition) is 0. The zero-order valence-corrected chi connectivity index (χ0v) is 97.2. The molecule has 47 heteroatoms. The molecule has 0 aromatic heterocycles. The van der Waals surface area contributed by atoms with Gasteiger partial charge < -0.3 is 82.8 Å². The third-order valence-electron chi connectivity index (χ3n) is 19.6. The Kier molecular flexibility index (Phi) is 79.3. The minimum atomic E-state index is -8.55. The number of esters is 11. The quantitative estimate of drug-likeness (QED) is 0.00507. The maximum Gasteiger partial charge on any atom is -1.00 e. The van der Waals surface area contributed by atoms with Gasteiger partial charge in [0.2, 0.25) is 0 Å². The maximum absolute atomic E-state index is 12.4. The van der Waals surface area contributed by atoms with Crippen molar-refractivity contribution >= 4 is 145 Å². The maximum atomic E-state index is 12.4. The largest absolute Gasteiger partial charge is 1.00 e. The van der Waals surface area contributed by atoms with Crippen LogP contribution in [0.4, 0.5) is 21.0 Å². The molecule has 1 atom stereocenters. The number of likely N-dealkylation sites (N-methyl/N-ethyl adjacent to an activating group) is 2. The summed E-state index contributed by atoms with van der Waals surface area (Å²) in [5.41, 5.74) is 1.17. The van der Waals surface area contributed by atoms with Crippen molar-refractivity contribution in [2.24, 2.45) is 0 Å². The molecule has 34 nitrogen and oxygen atoms in total. The third-order valence-corrected chi connectivity index (χ3v) is 21.5. The molecule has 0 aliphatic carbocycles. The number of carbonyl (C=O) groups excluding carboxylic acids is 11. The Morgan fingerprint density at radius 1 is 0.425 bits per heavy atom. The molecule has 146 heavy (non-hydrogen) atoms. The zero-order chi connectivity index (χ0) is 113. The molecule has 0 radical (unpaired) electrons. The van der Waals surface area contributed by atoms with E-state index in [0.717, 1.165) is 111 Å². The number of carbonyl (C=O) groups is 11. The Labute approximate surface area is 890 Å². The van der Waals surface area contributed by atoms with Crippen molar-refractivity contribution in [2.75, 3.05) is 131 Å². The van der Waals surface area contributed by atoms with Gasteiger partial charge in [-0.05, 0) is 214 Å². The Hall–Kier alpha value is -8.08. The first-order valence-corrected chi connectivity index (χ1v) is 53.0. The van der Waals surface area contributed by atoms with Gasteiger partial charge in [-0.2, -0.15) is 16.8 Å². The molecular weight excluding hydrogens is 2170 g/mol. The van der Waals surface area contributed by atoms with E-state index >= 15 is 0 Å². The first-order valence-electron chi connectivity index (χ1n) is 46.1. The Bertz CT molecular complexity index is 4540. The zero-order valence-electron chi connectivity index (χ0n) is 90.0. The molecule has 0 N–H and O–H groups in total. The van der Waals surface area contributed by atoms with Crippen LogP contribution in [0.1, 0.15) is 252 Å². The van der Waals surface area contributed by atoms with Crippen LogP contribution in [0.15, 0.2) is 123 Å². The number of unbranched alkanes of at least 4 members (excludes halogenated alkanes) is 5. The molecule has 846 valence electrons. The van der Waals surface area contributed by atoms with Crippen LogP contribution in [0.25, 0.3) is 12.2 Å². The predicted molar refractivity (Wildman–Crippen MR) is 549 cm³/mol. The van der Waals surface area contributed by atoms with Gasteiger partial charge in [-0.25, -0.2) is 62.7 Å². The van der Waals surface area contributed by atoms with Gasteiger partial charge in [0, 0.05) is 48.6 Å². The Morgan fingerprint density at radius 3 is 1.11 bits per heavy atom. The van der Waals surface area contributed by atoms with E-state index in [1.807, 2.05) is 70.2 Å². The Balaban J connectivity index is -0.000000252. The summed E-state index contributed by atoms with van der Waals surface area (Å²) < 4.78 is 158. The van der Waals surface area contributed by atoms with Gasteiger partial charge in [-0.1, -0.05) is 130 Å². The predicted octanol–water partition coefficient (Wildman–Crippen LogP) is 14.5. The summed E-state index contributed by atoms with van der Waals surface area (Å²) in [4.78, 5) is 144. The summed E-state index contributed by atoms with van der Waals surface area (Å²) in [6, 6.07) is 15.4. The first-order chi connectivity index (χ1) is 65.7. The molecule has 0 saturated heterocycles. The Morgan fingerprint density at radius 2 is 0.740 bits per heavy atom. The number of nitrogens with zero attached hydrogens (tertiary/aromatic N) is 2. The number of rotatable bonds is 58. The molecule has 2 aromatic carbocycles. The molecule has 0 amide bonds. The van der Waals surface area contributed by atoms with Crippen LogP contribution in [-0.2, 0) is 155 Å². The van der Waals surface area contributed by atoms with Crippen LogP contribution in [0.5, 0.6) is 0 Å². The summed E-state index contributed by atoms with van der Waals surface area (Å²) in [7, 11) is -16.1. The van der Waals surface area contributed by atoms with Crippen LogP contribution in [-0.4, -0.2) is 265 Å². The van der Waals surface area contributed by atoms with E-state index in [1.54, 1.807) is 45.9 Å². The molecule has 2 rings (SSSR count). The number of halogens is 10. The van der Waals surface area contributed by atoms with Gasteiger partial charge in [0.1, 0.15) is 67.6 Å². The van der Waals surface area contributed by atoms with Gasteiger partial charge in [0.15, 0.2) is 21.3 Å². The minimum Gasteiger partial charge on any atom is -1.00 e. The molecule has 0 aliphatic heterocycles. The van der Waals surface area contributed by atoms with Crippen molar-refractivity contribution in [3.63, 3.8) is 0 Å². The van der Waals surface area contributed by atoms with E-state index in [1.165, 1.54) is 62.3 Å². The standard InChI is InChI=1S/C19H27BrO4.C19H32NO2.C16H30NO4.2C12H20O7S.C11H17ClO4.C10H15ClO4.BrH.F5P.FH/c1-4-16-10-12-17(13-11-16)18(21)22-14-8-6-5-7-9-15-23-24-19(2,3)20;1-7-17-11-13-18(14-12-17)15-21-22-16-19(5,6)20(8-2,9-3)10-4;1-8-17(9-2,10-3)16(6,7)15(19)21-12-11-20-14(18)13(4)5;1-8(2)10(13)17-7-9(3)18-11(14)12(4,5)19-20(6,15)16;1-5-10(13)17-8-6-7-9-18-11(14)12(2,3)19-20(4,15)16;1-8(2)9(13)15-6-5-7-16-10(14)11(3,4)12;1-7(2)8(12)14-5-6-15-9(13)10(3,4)11;;1-6(2,3,4)5;/h4,10-13H,1,5-9,14-15H2,2-3H3;7,11-14H,1,8-10,15-16H2,2-6H3;4,8-12H2,1-3,5-7H3;9H,1,7H2,2-6H3;5H,1,6-9H2,2-4H3;1,5-7H2,2-4H3;1,5-6H2,2-4H3;1H;;1H/q;2*+1;;;;;;;/p-2. The van der Waals surface area contributed by atoms with Crippen LogP contribution < -0.4 is 21.7 Å². The van der Waals surface area contributed by atoms with E-state index in [0.29, 0.717) is 72.5 Å². The molecule has 0 aliphatic rings. The van der Waals surface area contributed by atoms with Crippen molar-refractivity contribution in [1.29, 1.82) is 0 Å². The van der Waals surface area contributed by atoms with Crippen LogP contribution >= 0.6 is 47.3 Å². The van der Waals surface area contributed by atoms with Crippen LogP contribution in [0, 0.1) is 0 Å². The summed E-state index contributed by atoms with van der Waals surface area (Å²) >= 11 is 14.7. The normalized spacial score (nSPS) is 12.0. The van der Waals surface area contributed by atoms with E-state index in [2.05, 4.69) is 126 Å². The molecule has 0 spiro atoms. The molecule has 0 heterocycles. The SMILES string of the molecule is C=C(C)C(=O)OCC(C)OC(=O)C(C)(C)OS(C)(=O)=O.C=C(C)C(=O)OCCCOC(=O)C(C)(C)Cl.C=C(C)C(=O)OCCOC(=O)C(C)(C)Cl.C=C(C)C(=O)OCCOC(=O)C(C)(C)[N+](CC)(CC)CC.C=CC(=O)OCCCCOC(=O)C(C)(C)OS(C)(=O)=O.C=Cc1ccc(C(=O)OCCCCCCCOOC(C)(C)Br)cc1.C=Cc1ccc(COOCC(C)(C)[N+](CC)(CC)CC)cc1.FP(F)(F)(F)F.[Br-].[F-]. The number of hydrogen-bond acceptors (Lipinski definition) is 32. The fraction of sp³-hybridized carbons (Fsp3) is 0.626. The number of quaternary nitrogens is 2. The third kappa shape index (κ3) is 78.2. The van der Waals surface area contributed by atoms with E-state index in [9.17, 15) is 90.6 Å². The van der Waals surface area contributed by atoms with Crippen molar-refractivity contribution in [3.8, 4) is 0 Å². The number of benzene rings is 2. The molecule has 0 fully saturated rings. The molecule has 2 aromatic rings. The summed E-state index contributed by atoms with van der Waals surface area (Å²) in [5, 5.41) is 0. The molecule has 0 saturated carbocycles. The fourth-order valence-electron chi connectivity index (χ4n) is 11.3. The van der Waals surface area contributed by atoms with E-state index < -0.39 is 119 Å². The summed E-state index contributed by atoms with van der Waals surface area (Å²) in [5.74, 6) is -5.73. The molecule has 0 bridgehead atoms.